The third kappa shape index (κ3) is 21.7. The van der Waals surface area contributed by atoms with Crippen LogP contribution in [0.15, 0.2) is 60.7 Å². The highest BCUT2D eigenvalue weighted by Crippen LogP contribution is 2.12. The molecule has 0 radical (unpaired) electrons. The van der Waals surface area contributed by atoms with Crippen LogP contribution < -0.4 is 48.7 Å². The number of nitrogens with two attached hydrogens (primary N) is 2. The lowest BCUT2D eigenvalue weighted by Crippen LogP contribution is -2.61. The first-order valence-corrected chi connectivity index (χ1v) is 22.6. The number of benzene rings is 2. The molecular weight excluding hydrogens is 951 g/mol. The minimum atomic E-state index is -2.29. The number of aliphatic hydroxyl groups excluding tert-OH is 1. The Hall–Kier alpha value is -8.00. The summed E-state index contributed by atoms with van der Waals surface area (Å²) in [5, 5.41) is 65.2. The van der Waals surface area contributed by atoms with Gasteiger partial charge >= 0.3 is 23.9 Å². The van der Waals surface area contributed by atoms with Gasteiger partial charge < -0.3 is 74.2 Å². The number of aliphatic hydroxyl groups is 1. The molecule has 0 unspecified atom stereocenters. The number of carbonyl (C=O) groups excluding carboxylic acids is 8. The van der Waals surface area contributed by atoms with Crippen molar-refractivity contribution in [1.29, 1.82) is 0 Å². The minimum absolute atomic E-state index is 0.174. The van der Waals surface area contributed by atoms with E-state index in [0.29, 0.717) is 11.1 Å². The van der Waals surface area contributed by atoms with Gasteiger partial charge in [0.25, 0.3) is 5.91 Å². The third-order valence-electron chi connectivity index (χ3n) is 10.8. The molecule has 0 aliphatic carbocycles. The number of nitrogens with one attached hydrogen (secondary N) is 7. The standard InChI is InChI=1S/C46H63N9O17/c1-23(2)37(55-40(65)27(47)14-18-34(57)58)44(69)51-28(15-17-33(48)56)41(66)52-30(20-25-10-6-4-7-11-25)38(63)45(70)53-31(22-36(61)62)43(68)49-24(3)39(64)50-29(16-19-35(59)60)42(67)54-32(46(71)72)21-26-12-8-5-9-13-26/h4-13,23-24,27-32,37-38,63H,14-22,47H2,1-3H3,(H2,48,56)(H,49,68)(H,50,64)(H,51,69)(H,52,66)(H,53,70)(H,54,67)(H,55,65)(H,57,58)(H,59,60)(H,61,62)(H,71,72)/t24-,27-,28-,29-,30-,31-,32-,37-,38+/m0/s1. The van der Waals surface area contributed by atoms with Crippen LogP contribution in [0, 0.1) is 5.92 Å². The molecule has 0 aliphatic heterocycles. The average Bonchev–Trinajstić information content (AvgIpc) is 3.31. The van der Waals surface area contributed by atoms with E-state index in [-0.39, 0.29) is 19.3 Å². The Morgan fingerprint density at radius 1 is 0.486 bits per heavy atom. The molecule has 72 heavy (non-hydrogen) atoms. The van der Waals surface area contributed by atoms with Gasteiger partial charge in [0, 0.05) is 25.7 Å². The van der Waals surface area contributed by atoms with E-state index in [1.807, 2.05) is 0 Å². The van der Waals surface area contributed by atoms with E-state index >= 15 is 0 Å². The number of carboxylic acids is 4. The predicted octanol–water partition coefficient (Wildman–Crippen LogP) is -3.22. The summed E-state index contributed by atoms with van der Waals surface area (Å²) in [7, 11) is 0. The summed E-state index contributed by atoms with van der Waals surface area (Å²) < 4.78 is 0. The zero-order valence-corrected chi connectivity index (χ0v) is 39.7. The number of hydrogen-bond donors (Lipinski definition) is 14. The normalized spacial score (nSPS) is 14.7. The molecule has 26 nitrogen and oxygen atoms in total. The second-order valence-corrected chi connectivity index (χ2v) is 17.1. The van der Waals surface area contributed by atoms with E-state index < -0.39 is 170 Å². The second kappa shape index (κ2) is 29.9. The molecule has 394 valence electrons. The molecule has 0 spiro atoms. The first kappa shape index (κ1) is 60.1. The Balaban J connectivity index is 2.34. The molecule has 2 aromatic rings. The average molecular weight is 1010 g/mol. The molecule has 0 aliphatic rings. The first-order valence-electron chi connectivity index (χ1n) is 22.6. The Morgan fingerprint density at radius 2 is 0.944 bits per heavy atom. The van der Waals surface area contributed by atoms with Crippen LogP contribution >= 0.6 is 0 Å². The molecule has 0 bridgehead atoms. The zero-order valence-electron chi connectivity index (χ0n) is 39.7. The molecule has 0 aromatic heterocycles. The lowest BCUT2D eigenvalue weighted by Gasteiger charge is -2.29. The maximum Gasteiger partial charge on any atom is 0.326 e. The third-order valence-corrected chi connectivity index (χ3v) is 10.8. The molecule has 2 rings (SSSR count). The fourth-order valence-corrected chi connectivity index (χ4v) is 6.77. The maximum atomic E-state index is 14.0. The van der Waals surface area contributed by atoms with Crippen LogP contribution in [0.25, 0.3) is 0 Å². The highest BCUT2D eigenvalue weighted by molar-refractivity contribution is 5.97. The Morgan fingerprint density at radius 3 is 1.44 bits per heavy atom. The number of hydrogen-bond acceptors (Lipinski definition) is 14. The van der Waals surface area contributed by atoms with Crippen molar-refractivity contribution in [2.24, 2.45) is 17.4 Å². The van der Waals surface area contributed by atoms with Gasteiger partial charge in [-0.3, -0.25) is 52.7 Å². The molecule has 16 N–H and O–H groups in total. The Labute approximate surface area is 412 Å². The van der Waals surface area contributed by atoms with Crippen LogP contribution in [0.5, 0.6) is 0 Å². The fourth-order valence-electron chi connectivity index (χ4n) is 6.77. The number of carbonyl (C=O) groups is 12. The summed E-state index contributed by atoms with van der Waals surface area (Å²) in [6.45, 7) is 4.18. The van der Waals surface area contributed by atoms with Gasteiger partial charge in [-0.15, -0.1) is 0 Å². The van der Waals surface area contributed by atoms with Crippen LogP contribution in [-0.4, -0.2) is 151 Å². The minimum Gasteiger partial charge on any atom is -0.481 e. The topological polar surface area (TPSA) is 442 Å². The fraction of sp³-hybridized carbons (Fsp3) is 0.478. The number of rotatable bonds is 32. The highest BCUT2D eigenvalue weighted by atomic mass is 16.4. The highest BCUT2D eigenvalue weighted by Gasteiger charge is 2.37. The zero-order chi connectivity index (χ0) is 54.2. The summed E-state index contributed by atoms with van der Waals surface area (Å²) >= 11 is 0. The SMILES string of the molecule is CC(C)[C@H](NC(=O)[C@@H](N)CCC(=O)O)C(=O)N[C@@H](CCC(N)=O)C(=O)N[C@@H](Cc1ccccc1)[C@@H](O)C(=O)N[C@@H](CC(=O)O)C(=O)N[C@@H](C)C(=O)N[C@@H](CCC(=O)O)C(=O)N[C@@H](Cc1ccccc1)C(=O)O. The van der Waals surface area contributed by atoms with E-state index in [0.717, 1.165) is 6.92 Å². The van der Waals surface area contributed by atoms with E-state index in [4.69, 9.17) is 16.6 Å². The van der Waals surface area contributed by atoms with Crippen molar-refractivity contribution in [2.45, 2.75) is 133 Å². The summed E-state index contributed by atoms with van der Waals surface area (Å²) in [5.41, 5.74) is 12.1. The van der Waals surface area contributed by atoms with Crippen LogP contribution in [0.2, 0.25) is 0 Å². The van der Waals surface area contributed by atoms with Crippen molar-refractivity contribution >= 4 is 71.1 Å². The van der Waals surface area contributed by atoms with Crippen LogP contribution in [0.4, 0.5) is 0 Å². The monoisotopic (exact) mass is 1010 g/mol. The van der Waals surface area contributed by atoms with Crippen molar-refractivity contribution in [3.05, 3.63) is 71.8 Å². The van der Waals surface area contributed by atoms with Gasteiger partial charge in [0.15, 0.2) is 6.10 Å². The number of primary amides is 1. The quantitative estimate of drug-likeness (QED) is 0.0343. The van der Waals surface area contributed by atoms with Gasteiger partial charge in [-0.25, -0.2) is 4.79 Å². The lowest BCUT2D eigenvalue weighted by molar-refractivity contribution is -0.143. The van der Waals surface area contributed by atoms with E-state index in [1.54, 1.807) is 74.5 Å². The maximum absolute atomic E-state index is 14.0. The predicted molar refractivity (Wildman–Crippen MR) is 250 cm³/mol. The molecule has 9 atom stereocenters. The van der Waals surface area contributed by atoms with Gasteiger partial charge in [-0.05, 0) is 49.7 Å². The molecule has 0 fully saturated rings. The largest absolute Gasteiger partial charge is 0.481 e. The van der Waals surface area contributed by atoms with Crippen molar-refractivity contribution < 1.29 is 83.1 Å². The number of amides is 8. The number of carboxylic acid groups (broad SMARTS) is 4. The molecular formula is C46H63N9O17. The number of aliphatic carboxylic acids is 4. The summed E-state index contributed by atoms with van der Waals surface area (Å²) in [6, 6.07) is 3.46. The van der Waals surface area contributed by atoms with Gasteiger partial charge in [-0.1, -0.05) is 74.5 Å². The molecule has 0 saturated carbocycles. The second-order valence-electron chi connectivity index (χ2n) is 17.1. The molecule has 0 saturated heterocycles. The van der Waals surface area contributed by atoms with Crippen LogP contribution in [-0.2, 0) is 70.4 Å². The van der Waals surface area contributed by atoms with Crippen molar-refractivity contribution in [3.8, 4) is 0 Å². The molecule has 0 heterocycles. The van der Waals surface area contributed by atoms with Crippen molar-refractivity contribution in [3.63, 3.8) is 0 Å². The summed E-state index contributed by atoms with van der Waals surface area (Å²) in [4.78, 5) is 152. The molecule has 26 heteroatoms. The van der Waals surface area contributed by atoms with E-state index in [1.165, 1.54) is 0 Å². The molecule has 2 aromatic carbocycles. The van der Waals surface area contributed by atoms with E-state index in [9.17, 15) is 78.0 Å². The van der Waals surface area contributed by atoms with Gasteiger partial charge in [0.1, 0.15) is 36.3 Å². The Bertz CT molecular complexity index is 2250. The smallest absolute Gasteiger partial charge is 0.326 e. The van der Waals surface area contributed by atoms with E-state index in [2.05, 4.69) is 37.2 Å². The van der Waals surface area contributed by atoms with Crippen LogP contribution in [0.1, 0.15) is 76.8 Å². The molecule has 8 amide bonds. The van der Waals surface area contributed by atoms with Gasteiger partial charge in [0.2, 0.25) is 41.4 Å². The van der Waals surface area contributed by atoms with Gasteiger partial charge in [-0.2, -0.15) is 0 Å². The van der Waals surface area contributed by atoms with Gasteiger partial charge in [0.05, 0.1) is 18.5 Å². The van der Waals surface area contributed by atoms with Crippen molar-refractivity contribution in [2.75, 3.05) is 0 Å². The summed E-state index contributed by atoms with van der Waals surface area (Å²) in [6.07, 6.45) is -6.69. The Kier molecular flexibility index (Phi) is 25.0. The van der Waals surface area contributed by atoms with Crippen molar-refractivity contribution in [1.82, 2.24) is 37.2 Å². The lowest BCUT2D eigenvalue weighted by atomic mass is 9.98. The summed E-state index contributed by atoms with van der Waals surface area (Å²) in [5.74, 6) is -15.0. The van der Waals surface area contributed by atoms with Crippen LogP contribution in [0.3, 0.4) is 0 Å². The first-order chi connectivity index (χ1) is 33.8.